The number of hydrogen-bond acceptors (Lipinski definition) is 4. The fraction of sp³-hybridized carbons (Fsp3) is 0.538. The molecule has 2 atom stereocenters. The molecule has 0 aliphatic rings. The van der Waals surface area contributed by atoms with Crippen LogP contribution in [0.4, 0.5) is 5.69 Å². The minimum atomic E-state index is -3.63. The van der Waals surface area contributed by atoms with Crippen molar-refractivity contribution in [2.75, 3.05) is 12.3 Å². The van der Waals surface area contributed by atoms with Gasteiger partial charge < -0.3 is 10.8 Å². The molecule has 1 aromatic carbocycles. The van der Waals surface area contributed by atoms with Crippen LogP contribution in [-0.4, -0.2) is 26.2 Å². The monoisotopic (exact) mass is 286 g/mol. The lowest BCUT2D eigenvalue weighted by atomic mass is 10.1. The molecule has 6 heteroatoms. The van der Waals surface area contributed by atoms with E-state index >= 15 is 0 Å². The Morgan fingerprint density at radius 3 is 2.42 bits per heavy atom. The Bertz CT molecular complexity index is 555. The van der Waals surface area contributed by atoms with Gasteiger partial charge in [-0.15, -0.1) is 0 Å². The van der Waals surface area contributed by atoms with Crippen molar-refractivity contribution in [3.63, 3.8) is 0 Å². The van der Waals surface area contributed by atoms with Crippen molar-refractivity contribution in [1.82, 2.24) is 4.72 Å². The molecule has 0 fully saturated rings. The molecule has 0 spiro atoms. The van der Waals surface area contributed by atoms with Gasteiger partial charge in [0.05, 0.1) is 4.90 Å². The molecular weight excluding hydrogens is 264 g/mol. The van der Waals surface area contributed by atoms with E-state index in [0.29, 0.717) is 11.3 Å². The SMILES string of the molecule is Cc1cc(N)c(C)c(S(=O)(=O)NC(C)C(C)CO)c1. The Kier molecular flexibility index (Phi) is 4.95. The fourth-order valence-electron chi connectivity index (χ4n) is 1.71. The Labute approximate surface area is 114 Å². The Balaban J connectivity index is 3.14. The summed E-state index contributed by atoms with van der Waals surface area (Å²) in [5, 5.41) is 9.06. The predicted molar refractivity (Wildman–Crippen MR) is 76.4 cm³/mol. The molecule has 1 rings (SSSR count). The molecule has 0 radical (unpaired) electrons. The normalized spacial score (nSPS) is 15.2. The number of aryl methyl sites for hydroxylation is 1. The second-order valence-electron chi connectivity index (χ2n) is 5.05. The van der Waals surface area contributed by atoms with E-state index in [1.807, 2.05) is 0 Å². The largest absolute Gasteiger partial charge is 0.398 e. The summed E-state index contributed by atoms with van der Waals surface area (Å²) in [5.41, 5.74) is 7.61. The highest BCUT2D eigenvalue weighted by molar-refractivity contribution is 7.89. The van der Waals surface area contributed by atoms with Gasteiger partial charge in [-0.1, -0.05) is 6.92 Å². The first kappa shape index (κ1) is 15.9. The number of sulfonamides is 1. The van der Waals surface area contributed by atoms with Crippen LogP contribution >= 0.6 is 0 Å². The maximum Gasteiger partial charge on any atom is 0.241 e. The molecule has 0 aromatic heterocycles. The van der Waals surface area contributed by atoms with Crippen molar-refractivity contribution in [2.45, 2.75) is 38.6 Å². The topological polar surface area (TPSA) is 92.4 Å². The van der Waals surface area contributed by atoms with Gasteiger partial charge in [-0.25, -0.2) is 13.1 Å². The molecule has 2 unspecified atom stereocenters. The number of anilines is 1. The minimum absolute atomic E-state index is 0.0708. The van der Waals surface area contributed by atoms with Crippen molar-refractivity contribution >= 4 is 15.7 Å². The molecule has 0 saturated carbocycles. The quantitative estimate of drug-likeness (QED) is 0.709. The summed E-state index contributed by atoms with van der Waals surface area (Å²) in [4.78, 5) is 0.196. The number of nitrogens with one attached hydrogen (secondary N) is 1. The Hall–Kier alpha value is -1.11. The van der Waals surface area contributed by atoms with Crippen molar-refractivity contribution in [3.05, 3.63) is 23.3 Å². The number of aliphatic hydroxyl groups excluding tert-OH is 1. The fourth-order valence-corrected chi connectivity index (χ4v) is 3.42. The number of rotatable bonds is 5. The average Bonchev–Trinajstić information content (AvgIpc) is 2.31. The number of hydrogen-bond donors (Lipinski definition) is 3. The van der Waals surface area contributed by atoms with E-state index in [0.717, 1.165) is 5.56 Å². The summed E-state index contributed by atoms with van der Waals surface area (Å²) >= 11 is 0. The van der Waals surface area contributed by atoms with Gasteiger partial charge >= 0.3 is 0 Å². The zero-order chi connectivity index (χ0) is 14.8. The third-order valence-corrected chi connectivity index (χ3v) is 5.00. The highest BCUT2D eigenvalue weighted by Crippen LogP contribution is 2.23. The van der Waals surface area contributed by atoms with Gasteiger partial charge in [0, 0.05) is 18.3 Å². The van der Waals surface area contributed by atoms with Crippen LogP contribution in [0.3, 0.4) is 0 Å². The number of benzene rings is 1. The molecule has 19 heavy (non-hydrogen) atoms. The van der Waals surface area contributed by atoms with E-state index in [2.05, 4.69) is 4.72 Å². The van der Waals surface area contributed by atoms with Gasteiger partial charge in [0.2, 0.25) is 10.0 Å². The lowest BCUT2D eigenvalue weighted by Gasteiger charge is -2.20. The number of nitrogens with two attached hydrogens (primary N) is 1. The molecule has 0 saturated heterocycles. The smallest absolute Gasteiger partial charge is 0.241 e. The molecule has 1 aromatic rings. The molecule has 0 amide bonds. The second-order valence-corrected chi connectivity index (χ2v) is 6.73. The Morgan fingerprint density at radius 1 is 1.32 bits per heavy atom. The van der Waals surface area contributed by atoms with Crippen molar-refractivity contribution in [2.24, 2.45) is 5.92 Å². The number of nitrogen functional groups attached to an aromatic ring is 1. The van der Waals surface area contributed by atoms with Gasteiger partial charge in [0.1, 0.15) is 0 Å². The summed E-state index contributed by atoms with van der Waals surface area (Å²) in [6.45, 7) is 6.92. The van der Waals surface area contributed by atoms with E-state index in [4.69, 9.17) is 10.8 Å². The van der Waals surface area contributed by atoms with E-state index < -0.39 is 10.0 Å². The van der Waals surface area contributed by atoms with Gasteiger partial charge in [0.15, 0.2) is 0 Å². The average molecular weight is 286 g/mol. The molecular formula is C13H22N2O3S. The summed E-state index contributed by atoms with van der Waals surface area (Å²) < 4.78 is 27.3. The van der Waals surface area contributed by atoms with Crippen molar-refractivity contribution in [3.8, 4) is 0 Å². The highest BCUT2D eigenvalue weighted by Gasteiger charge is 2.23. The van der Waals surface area contributed by atoms with Crippen LogP contribution in [0, 0.1) is 19.8 Å². The third-order valence-electron chi connectivity index (χ3n) is 3.32. The first-order chi connectivity index (χ1) is 8.69. The van der Waals surface area contributed by atoms with Crippen LogP contribution in [0.2, 0.25) is 0 Å². The highest BCUT2D eigenvalue weighted by atomic mass is 32.2. The third kappa shape index (κ3) is 3.68. The van der Waals surface area contributed by atoms with Gasteiger partial charge in [-0.2, -0.15) is 0 Å². The van der Waals surface area contributed by atoms with E-state index in [1.54, 1.807) is 39.8 Å². The summed E-state index contributed by atoms with van der Waals surface area (Å²) in [6, 6.07) is 2.99. The van der Waals surface area contributed by atoms with Crippen LogP contribution in [-0.2, 0) is 10.0 Å². The number of aliphatic hydroxyl groups is 1. The lowest BCUT2D eigenvalue weighted by molar-refractivity contribution is 0.216. The zero-order valence-electron chi connectivity index (χ0n) is 11.8. The first-order valence-corrected chi connectivity index (χ1v) is 7.67. The standard InChI is InChI=1S/C13H22N2O3S/c1-8-5-12(14)10(3)13(6-8)19(17,18)15-11(4)9(2)7-16/h5-6,9,11,15-16H,7,14H2,1-4H3. The molecule has 0 bridgehead atoms. The zero-order valence-corrected chi connectivity index (χ0v) is 12.6. The summed E-state index contributed by atoms with van der Waals surface area (Å²) in [7, 11) is -3.63. The summed E-state index contributed by atoms with van der Waals surface area (Å²) in [5.74, 6) is -0.155. The van der Waals surface area contributed by atoms with Crippen LogP contribution in [0.5, 0.6) is 0 Å². The lowest BCUT2D eigenvalue weighted by Crippen LogP contribution is -2.38. The molecule has 0 aliphatic carbocycles. The van der Waals surface area contributed by atoms with Crippen LogP contribution in [0.1, 0.15) is 25.0 Å². The van der Waals surface area contributed by atoms with Crippen LogP contribution in [0.15, 0.2) is 17.0 Å². The second kappa shape index (κ2) is 5.90. The van der Waals surface area contributed by atoms with Crippen LogP contribution < -0.4 is 10.5 Å². The van der Waals surface area contributed by atoms with E-state index in [1.165, 1.54) is 0 Å². The molecule has 4 N–H and O–H groups in total. The molecule has 5 nitrogen and oxygen atoms in total. The molecule has 0 heterocycles. The van der Waals surface area contributed by atoms with Gasteiger partial charge in [-0.05, 0) is 49.9 Å². The van der Waals surface area contributed by atoms with E-state index in [9.17, 15) is 8.42 Å². The van der Waals surface area contributed by atoms with E-state index in [-0.39, 0.29) is 23.5 Å². The van der Waals surface area contributed by atoms with Gasteiger partial charge in [-0.3, -0.25) is 0 Å². The summed E-state index contributed by atoms with van der Waals surface area (Å²) in [6.07, 6.45) is 0. The van der Waals surface area contributed by atoms with Crippen molar-refractivity contribution < 1.29 is 13.5 Å². The maximum absolute atomic E-state index is 12.3. The minimum Gasteiger partial charge on any atom is -0.398 e. The maximum atomic E-state index is 12.3. The molecule has 108 valence electrons. The first-order valence-electron chi connectivity index (χ1n) is 6.19. The Morgan fingerprint density at radius 2 is 1.89 bits per heavy atom. The molecule has 0 aliphatic heterocycles. The van der Waals surface area contributed by atoms with Crippen LogP contribution in [0.25, 0.3) is 0 Å². The van der Waals surface area contributed by atoms with Crippen molar-refractivity contribution in [1.29, 1.82) is 0 Å². The predicted octanol–water partition coefficient (Wildman–Crippen LogP) is 1.18. The van der Waals surface area contributed by atoms with Gasteiger partial charge in [0.25, 0.3) is 0 Å².